The molecule has 1 N–H and O–H groups in total. The van der Waals surface area contributed by atoms with Crippen molar-refractivity contribution in [2.24, 2.45) is 0 Å². The summed E-state index contributed by atoms with van der Waals surface area (Å²) in [5.41, 5.74) is 0.249. The average Bonchev–Trinajstić information content (AvgIpc) is 2.29. The molecule has 5 heteroatoms. The van der Waals surface area contributed by atoms with E-state index < -0.39 is 5.82 Å². The van der Waals surface area contributed by atoms with Gasteiger partial charge in [0.15, 0.2) is 0 Å². The first-order valence-corrected chi connectivity index (χ1v) is 4.98. The molecule has 82 valence electrons. The number of nitrogens with one attached hydrogen (secondary N) is 1. The van der Waals surface area contributed by atoms with Crippen LogP contribution in [0.15, 0.2) is 18.2 Å². The molecule has 1 aliphatic rings. The van der Waals surface area contributed by atoms with Gasteiger partial charge in [0, 0.05) is 13.1 Å². The predicted molar refractivity (Wildman–Crippen MR) is 56.5 cm³/mol. The zero-order valence-electron chi connectivity index (χ0n) is 8.53. The van der Waals surface area contributed by atoms with Crippen molar-refractivity contribution in [1.82, 2.24) is 5.32 Å². The Hall–Kier alpha value is -2.09. The maximum absolute atomic E-state index is 13.4. The Morgan fingerprint density at radius 1 is 1.50 bits per heavy atom. The minimum absolute atomic E-state index is 0.0837. The maximum atomic E-state index is 13.4. The fraction of sp³-hybridized carbons (Fsp3) is 0.273. The van der Waals surface area contributed by atoms with Crippen molar-refractivity contribution >= 4 is 11.7 Å². The largest absolute Gasteiger partial charge is 0.338 e. The summed E-state index contributed by atoms with van der Waals surface area (Å²) in [6.45, 7) is 1.12. The third kappa shape index (κ3) is 1.70. The standard InChI is InChI=1S/C11H10FN3O/c12-9-3-1-4-10(8(9)7-13)15-6-2-5-14-11(15)16/h1,3-4H,2,5-6H2,(H,14,16). The van der Waals surface area contributed by atoms with E-state index in [1.165, 1.54) is 17.0 Å². The first-order valence-electron chi connectivity index (χ1n) is 4.98. The summed E-state index contributed by atoms with van der Waals surface area (Å²) in [5, 5.41) is 11.5. The molecule has 0 atom stereocenters. The van der Waals surface area contributed by atoms with E-state index in [1.54, 1.807) is 12.1 Å². The zero-order chi connectivity index (χ0) is 11.5. The summed E-state index contributed by atoms with van der Waals surface area (Å²) in [5.74, 6) is -0.599. The maximum Gasteiger partial charge on any atom is 0.321 e. The van der Waals surface area contributed by atoms with E-state index in [0.717, 1.165) is 6.42 Å². The molecule has 0 aliphatic carbocycles. The quantitative estimate of drug-likeness (QED) is 0.780. The lowest BCUT2D eigenvalue weighted by molar-refractivity contribution is 0.243. The molecule has 2 amide bonds. The van der Waals surface area contributed by atoms with Gasteiger partial charge in [-0.1, -0.05) is 6.07 Å². The highest BCUT2D eigenvalue weighted by atomic mass is 19.1. The molecule has 4 nitrogen and oxygen atoms in total. The van der Waals surface area contributed by atoms with E-state index in [4.69, 9.17) is 5.26 Å². The number of hydrogen-bond donors (Lipinski definition) is 1. The van der Waals surface area contributed by atoms with Crippen LogP contribution in [-0.4, -0.2) is 19.1 Å². The Balaban J connectivity index is 2.43. The van der Waals surface area contributed by atoms with Gasteiger partial charge in [-0.3, -0.25) is 4.90 Å². The molecule has 0 saturated carbocycles. The minimum atomic E-state index is -0.599. The van der Waals surface area contributed by atoms with Gasteiger partial charge in [-0.05, 0) is 18.6 Å². The second-order valence-electron chi connectivity index (χ2n) is 3.48. The van der Waals surface area contributed by atoms with Crippen LogP contribution in [0.3, 0.4) is 0 Å². The van der Waals surface area contributed by atoms with Crippen molar-refractivity contribution < 1.29 is 9.18 Å². The van der Waals surface area contributed by atoms with Crippen LogP contribution in [0.4, 0.5) is 14.9 Å². The molecular formula is C11H10FN3O. The molecule has 16 heavy (non-hydrogen) atoms. The van der Waals surface area contributed by atoms with Gasteiger partial charge in [-0.25, -0.2) is 9.18 Å². The lowest BCUT2D eigenvalue weighted by Crippen LogP contribution is -2.46. The SMILES string of the molecule is N#Cc1c(F)cccc1N1CCCNC1=O. The van der Waals surface area contributed by atoms with Crippen LogP contribution in [0, 0.1) is 17.1 Å². The van der Waals surface area contributed by atoms with E-state index in [2.05, 4.69) is 5.32 Å². The number of rotatable bonds is 1. The second kappa shape index (κ2) is 4.19. The van der Waals surface area contributed by atoms with E-state index in [1.807, 2.05) is 0 Å². The molecule has 1 saturated heterocycles. The summed E-state index contributed by atoms with van der Waals surface area (Å²) in [7, 11) is 0. The van der Waals surface area contributed by atoms with Crippen LogP contribution < -0.4 is 10.2 Å². The topological polar surface area (TPSA) is 56.1 Å². The highest BCUT2D eigenvalue weighted by Gasteiger charge is 2.22. The van der Waals surface area contributed by atoms with Crippen molar-refractivity contribution in [3.63, 3.8) is 0 Å². The van der Waals surface area contributed by atoms with Gasteiger partial charge in [0.2, 0.25) is 0 Å². The Bertz CT molecular complexity index is 467. The van der Waals surface area contributed by atoms with Crippen LogP contribution >= 0.6 is 0 Å². The monoisotopic (exact) mass is 219 g/mol. The lowest BCUT2D eigenvalue weighted by atomic mass is 10.1. The number of urea groups is 1. The number of carbonyl (C=O) groups excluding carboxylic acids is 1. The zero-order valence-corrected chi connectivity index (χ0v) is 8.53. The smallest absolute Gasteiger partial charge is 0.321 e. The third-order valence-corrected chi connectivity index (χ3v) is 2.47. The molecule has 1 heterocycles. The molecule has 0 aromatic heterocycles. The fourth-order valence-electron chi connectivity index (χ4n) is 1.71. The van der Waals surface area contributed by atoms with E-state index in [-0.39, 0.29) is 11.6 Å². The van der Waals surface area contributed by atoms with Crippen molar-refractivity contribution in [1.29, 1.82) is 5.26 Å². The molecule has 1 aromatic rings. The first-order chi connectivity index (χ1) is 7.74. The highest BCUT2D eigenvalue weighted by Crippen LogP contribution is 2.23. The van der Waals surface area contributed by atoms with E-state index in [0.29, 0.717) is 18.8 Å². The summed E-state index contributed by atoms with van der Waals surface area (Å²) in [4.78, 5) is 13.0. The Labute approximate surface area is 92.3 Å². The van der Waals surface area contributed by atoms with Gasteiger partial charge in [-0.15, -0.1) is 0 Å². The molecule has 0 unspecified atom stereocenters. The number of hydrogen-bond acceptors (Lipinski definition) is 2. The van der Waals surface area contributed by atoms with Crippen molar-refractivity contribution in [2.75, 3.05) is 18.0 Å². The number of nitriles is 1. The normalized spacial score (nSPS) is 15.5. The number of anilines is 1. The average molecular weight is 219 g/mol. The van der Waals surface area contributed by atoms with E-state index in [9.17, 15) is 9.18 Å². The Morgan fingerprint density at radius 2 is 2.31 bits per heavy atom. The van der Waals surface area contributed by atoms with Crippen molar-refractivity contribution in [3.05, 3.63) is 29.6 Å². The number of carbonyl (C=O) groups is 1. The summed E-state index contributed by atoms with van der Waals surface area (Å²) >= 11 is 0. The molecule has 0 bridgehead atoms. The van der Waals surface area contributed by atoms with E-state index >= 15 is 0 Å². The highest BCUT2D eigenvalue weighted by molar-refractivity contribution is 5.94. The van der Waals surface area contributed by atoms with Crippen LogP contribution in [0.5, 0.6) is 0 Å². The van der Waals surface area contributed by atoms with Gasteiger partial charge in [-0.2, -0.15) is 5.26 Å². The number of benzene rings is 1. The Kier molecular flexibility index (Phi) is 2.73. The molecule has 0 spiro atoms. The molecule has 0 radical (unpaired) electrons. The molecule has 2 rings (SSSR count). The van der Waals surface area contributed by atoms with Gasteiger partial charge in [0.25, 0.3) is 0 Å². The molecule has 1 aliphatic heterocycles. The van der Waals surface area contributed by atoms with Gasteiger partial charge >= 0.3 is 6.03 Å². The Morgan fingerprint density at radius 3 is 3.00 bits per heavy atom. The first kappa shape index (κ1) is 10.4. The summed E-state index contributed by atoms with van der Waals surface area (Å²) in [6, 6.07) is 5.78. The summed E-state index contributed by atoms with van der Waals surface area (Å²) < 4.78 is 13.4. The van der Waals surface area contributed by atoms with Gasteiger partial charge in [0.1, 0.15) is 17.4 Å². The van der Waals surface area contributed by atoms with Crippen LogP contribution in [0.2, 0.25) is 0 Å². The molecule has 1 aromatic carbocycles. The second-order valence-corrected chi connectivity index (χ2v) is 3.48. The van der Waals surface area contributed by atoms with Crippen LogP contribution in [0.1, 0.15) is 12.0 Å². The fourth-order valence-corrected chi connectivity index (χ4v) is 1.71. The van der Waals surface area contributed by atoms with Gasteiger partial charge < -0.3 is 5.32 Å². The van der Waals surface area contributed by atoms with Crippen molar-refractivity contribution in [3.8, 4) is 6.07 Å². The van der Waals surface area contributed by atoms with Crippen LogP contribution in [0.25, 0.3) is 0 Å². The number of nitrogens with zero attached hydrogens (tertiary/aromatic N) is 2. The third-order valence-electron chi connectivity index (χ3n) is 2.47. The number of halogens is 1. The van der Waals surface area contributed by atoms with Crippen LogP contribution in [-0.2, 0) is 0 Å². The summed E-state index contributed by atoms with van der Waals surface area (Å²) in [6.07, 6.45) is 0.785. The van der Waals surface area contributed by atoms with Crippen molar-refractivity contribution in [2.45, 2.75) is 6.42 Å². The minimum Gasteiger partial charge on any atom is -0.338 e. The lowest BCUT2D eigenvalue weighted by Gasteiger charge is -2.28. The molecule has 1 fully saturated rings. The number of amides is 2. The predicted octanol–water partition coefficient (Wildman–Crippen LogP) is 1.62. The van der Waals surface area contributed by atoms with Gasteiger partial charge in [0.05, 0.1) is 5.69 Å². The molecular weight excluding hydrogens is 209 g/mol.